The molecule has 1 heterocycles. The summed E-state index contributed by atoms with van der Waals surface area (Å²) in [7, 11) is 0. The van der Waals surface area contributed by atoms with E-state index in [2.05, 4.69) is 114 Å². The van der Waals surface area contributed by atoms with Gasteiger partial charge in [0.15, 0.2) is 0 Å². The highest BCUT2D eigenvalue weighted by Crippen LogP contribution is 2.39. The van der Waals surface area contributed by atoms with Crippen molar-refractivity contribution in [1.82, 2.24) is 4.57 Å². The maximum Gasteiger partial charge on any atom is 0.0998 e. The summed E-state index contributed by atoms with van der Waals surface area (Å²) in [4.78, 5) is 0. The fraction of sp³-hybridized carbons (Fsp3) is 0. The largest absolute Gasteiger partial charge is 0.309 e. The molecule has 0 unspecified atom stereocenters. The second kappa shape index (κ2) is 9.03. The monoisotopic (exact) mass is 495 g/mol. The van der Waals surface area contributed by atoms with Gasteiger partial charge in [-0.25, -0.2) is 0 Å². The lowest BCUT2D eigenvalue weighted by atomic mass is 9.88. The van der Waals surface area contributed by atoms with Gasteiger partial charge in [0.25, 0.3) is 0 Å². The first-order valence-electron chi connectivity index (χ1n) is 12.8. The van der Waals surface area contributed by atoms with E-state index >= 15 is 0 Å². The normalized spacial score (nSPS) is 11.0. The second-order valence-electron chi connectivity index (χ2n) is 9.58. The van der Waals surface area contributed by atoms with E-state index in [1.165, 1.54) is 21.8 Å². The second-order valence-corrected chi connectivity index (χ2v) is 9.58. The van der Waals surface area contributed by atoms with Crippen LogP contribution in [0.4, 0.5) is 0 Å². The summed E-state index contributed by atoms with van der Waals surface area (Å²) in [6.45, 7) is 0. The Morgan fingerprint density at radius 1 is 0.487 bits per heavy atom. The van der Waals surface area contributed by atoms with Gasteiger partial charge in [-0.05, 0) is 63.9 Å². The molecule has 0 fully saturated rings. The highest BCUT2D eigenvalue weighted by atomic mass is 15.0. The predicted molar refractivity (Wildman–Crippen MR) is 159 cm³/mol. The molecule has 7 aromatic rings. The van der Waals surface area contributed by atoms with Crippen molar-refractivity contribution in [2.24, 2.45) is 0 Å². The Bertz CT molecular complexity index is 2040. The van der Waals surface area contributed by atoms with Crippen LogP contribution in [-0.4, -0.2) is 4.57 Å². The summed E-state index contributed by atoms with van der Waals surface area (Å²) in [5.41, 5.74) is 8.16. The number of aromatic nitrogens is 1. The minimum atomic E-state index is 0.498. The van der Waals surface area contributed by atoms with E-state index in [9.17, 15) is 10.5 Å². The number of nitrogens with zero attached hydrogens (tertiary/aromatic N) is 3. The van der Waals surface area contributed by atoms with Gasteiger partial charge in [0.05, 0.1) is 34.3 Å². The average Bonchev–Trinajstić information content (AvgIpc) is 3.34. The van der Waals surface area contributed by atoms with Gasteiger partial charge in [-0.3, -0.25) is 0 Å². The zero-order chi connectivity index (χ0) is 26.3. The van der Waals surface area contributed by atoms with Crippen LogP contribution >= 0.6 is 0 Å². The predicted octanol–water partition coefficient (Wildman–Crippen LogP) is 9.01. The molecule has 0 saturated heterocycles. The van der Waals surface area contributed by atoms with E-state index in [0.717, 1.165) is 33.2 Å². The molecular formula is C36H21N3. The minimum absolute atomic E-state index is 0.498. The molecule has 0 N–H and O–H groups in total. The first kappa shape index (κ1) is 22.5. The molecule has 0 aliphatic heterocycles. The van der Waals surface area contributed by atoms with Crippen LogP contribution in [0, 0.1) is 22.7 Å². The smallest absolute Gasteiger partial charge is 0.0998 e. The quantitative estimate of drug-likeness (QED) is 0.246. The lowest BCUT2D eigenvalue weighted by Crippen LogP contribution is -1.94. The van der Waals surface area contributed by atoms with Crippen LogP contribution in [0.5, 0.6) is 0 Å². The van der Waals surface area contributed by atoms with Gasteiger partial charge in [-0.15, -0.1) is 0 Å². The molecule has 39 heavy (non-hydrogen) atoms. The molecule has 0 aliphatic rings. The van der Waals surface area contributed by atoms with E-state index in [1.807, 2.05) is 12.1 Å². The standard InChI is InChI=1S/C36H21N3/c37-22-26-10-5-11-27(23-38)35(26)32-15-7-9-25-8-6-14-29(36(25)32)24-18-20-28(21-19-24)39-33-16-3-1-12-30(33)31-13-2-4-17-34(31)39/h1-21H. The van der Waals surface area contributed by atoms with Gasteiger partial charge < -0.3 is 4.57 Å². The third-order valence-corrected chi connectivity index (χ3v) is 7.50. The highest BCUT2D eigenvalue weighted by Gasteiger charge is 2.17. The van der Waals surface area contributed by atoms with Crippen molar-refractivity contribution < 1.29 is 0 Å². The van der Waals surface area contributed by atoms with Gasteiger partial charge in [0.1, 0.15) is 0 Å². The van der Waals surface area contributed by atoms with Crippen molar-refractivity contribution in [2.45, 2.75) is 0 Å². The summed E-state index contributed by atoms with van der Waals surface area (Å²) in [5, 5.41) is 24.3. The average molecular weight is 496 g/mol. The Kier molecular flexibility index (Phi) is 5.22. The molecule has 0 bridgehead atoms. The Labute approximate surface area is 226 Å². The molecule has 180 valence electrons. The number of fused-ring (bicyclic) bond motifs is 4. The molecule has 1 aromatic heterocycles. The van der Waals surface area contributed by atoms with Gasteiger partial charge in [-0.1, -0.05) is 91.0 Å². The summed E-state index contributed by atoms with van der Waals surface area (Å²) in [6, 6.07) is 47.9. The van der Waals surface area contributed by atoms with Crippen LogP contribution in [0.15, 0.2) is 127 Å². The van der Waals surface area contributed by atoms with Crippen LogP contribution in [0.1, 0.15) is 11.1 Å². The Balaban J connectivity index is 1.44. The first-order valence-corrected chi connectivity index (χ1v) is 12.8. The van der Waals surface area contributed by atoms with E-state index in [-0.39, 0.29) is 0 Å². The number of benzene rings is 6. The molecule has 3 heteroatoms. The van der Waals surface area contributed by atoms with Crippen LogP contribution < -0.4 is 0 Å². The first-order chi connectivity index (χ1) is 19.3. The van der Waals surface area contributed by atoms with Gasteiger partial charge in [0, 0.05) is 22.0 Å². The Morgan fingerprint density at radius 3 is 1.62 bits per heavy atom. The van der Waals surface area contributed by atoms with Gasteiger partial charge in [-0.2, -0.15) is 10.5 Å². The summed E-state index contributed by atoms with van der Waals surface area (Å²) >= 11 is 0. The van der Waals surface area contributed by atoms with E-state index in [1.54, 1.807) is 18.2 Å². The lowest BCUT2D eigenvalue weighted by Gasteiger charge is -2.15. The Hall–Kier alpha value is -5.64. The zero-order valence-corrected chi connectivity index (χ0v) is 21.0. The van der Waals surface area contributed by atoms with Crippen LogP contribution in [0.3, 0.4) is 0 Å². The van der Waals surface area contributed by atoms with Crippen LogP contribution in [-0.2, 0) is 0 Å². The third-order valence-electron chi connectivity index (χ3n) is 7.50. The summed E-state index contributed by atoms with van der Waals surface area (Å²) < 4.78 is 2.31. The van der Waals surface area contributed by atoms with Crippen LogP contribution in [0.2, 0.25) is 0 Å². The Morgan fingerprint density at radius 2 is 1.03 bits per heavy atom. The van der Waals surface area contributed by atoms with Crippen molar-refractivity contribution >= 4 is 32.6 Å². The SMILES string of the molecule is N#Cc1cccc(C#N)c1-c1cccc2cccc(-c3ccc(-n4c5ccccc5c5ccccc54)cc3)c12. The minimum Gasteiger partial charge on any atom is -0.309 e. The molecule has 6 aromatic carbocycles. The van der Waals surface area contributed by atoms with E-state index in [4.69, 9.17) is 0 Å². The molecule has 0 aliphatic carbocycles. The lowest BCUT2D eigenvalue weighted by molar-refractivity contribution is 1.18. The summed E-state index contributed by atoms with van der Waals surface area (Å²) in [5.74, 6) is 0. The number of rotatable bonds is 3. The molecular weight excluding hydrogens is 474 g/mol. The fourth-order valence-corrected chi connectivity index (χ4v) is 5.81. The molecule has 0 radical (unpaired) electrons. The topological polar surface area (TPSA) is 52.5 Å². The molecule has 7 rings (SSSR count). The van der Waals surface area contributed by atoms with Crippen molar-refractivity contribution in [1.29, 1.82) is 10.5 Å². The molecule has 0 spiro atoms. The zero-order valence-electron chi connectivity index (χ0n) is 21.0. The van der Waals surface area contributed by atoms with Crippen molar-refractivity contribution in [2.75, 3.05) is 0 Å². The number of nitriles is 2. The maximum absolute atomic E-state index is 9.87. The third kappa shape index (κ3) is 3.50. The molecule has 0 saturated carbocycles. The van der Waals surface area contributed by atoms with Crippen molar-refractivity contribution in [3.05, 3.63) is 139 Å². The summed E-state index contributed by atoms with van der Waals surface area (Å²) in [6.07, 6.45) is 0. The van der Waals surface area contributed by atoms with Crippen molar-refractivity contribution in [3.63, 3.8) is 0 Å². The number of hydrogen-bond donors (Lipinski definition) is 0. The highest BCUT2D eigenvalue weighted by molar-refractivity contribution is 6.10. The van der Waals surface area contributed by atoms with E-state index < -0.39 is 0 Å². The number of hydrogen-bond acceptors (Lipinski definition) is 2. The van der Waals surface area contributed by atoms with Crippen LogP contribution in [0.25, 0.3) is 60.5 Å². The fourth-order valence-electron chi connectivity index (χ4n) is 5.81. The maximum atomic E-state index is 9.87. The van der Waals surface area contributed by atoms with Gasteiger partial charge in [0.2, 0.25) is 0 Å². The van der Waals surface area contributed by atoms with Crippen molar-refractivity contribution in [3.8, 4) is 40.1 Å². The molecule has 3 nitrogen and oxygen atoms in total. The van der Waals surface area contributed by atoms with E-state index in [0.29, 0.717) is 16.7 Å². The molecule has 0 amide bonds. The molecule has 0 atom stereocenters. The number of para-hydroxylation sites is 2. The van der Waals surface area contributed by atoms with Gasteiger partial charge >= 0.3 is 0 Å².